The lowest BCUT2D eigenvalue weighted by Gasteiger charge is -2.26. The Kier molecular flexibility index (Phi) is 6.87. The summed E-state index contributed by atoms with van der Waals surface area (Å²) in [5.74, 6) is 0.729. The lowest BCUT2D eigenvalue weighted by atomic mass is 9.92. The molecule has 0 aliphatic carbocycles. The summed E-state index contributed by atoms with van der Waals surface area (Å²) in [5.41, 5.74) is 8.59. The largest absolute Gasteiger partial charge is 0.381 e. The molecule has 1 fully saturated rings. The Morgan fingerprint density at radius 1 is 1.32 bits per heavy atom. The van der Waals surface area contributed by atoms with Crippen LogP contribution >= 0.6 is 12.4 Å². The third-order valence-corrected chi connectivity index (χ3v) is 4.28. The van der Waals surface area contributed by atoms with E-state index in [2.05, 4.69) is 15.3 Å². The zero-order chi connectivity index (χ0) is 16.9. The van der Waals surface area contributed by atoms with Crippen molar-refractivity contribution < 1.29 is 9.53 Å². The number of nitrogens with one attached hydrogen (secondary N) is 1. The molecular weight excluding hydrogens is 340 g/mol. The maximum atomic E-state index is 12.4. The van der Waals surface area contributed by atoms with E-state index >= 15 is 0 Å². The summed E-state index contributed by atoms with van der Waals surface area (Å²) in [6.07, 6.45) is 3.38. The molecule has 1 aromatic heterocycles. The Bertz CT molecular complexity index is 720. The number of halogens is 1. The number of hydrogen-bond donors (Lipinski definition) is 2. The fraction of sp³-hybridized carbons (Fsp3) is 0.389. The lowest BCUT2D eigenvalue weighted by molar-refractivity contribution is -0.119. The third-order valence-electron chi connectivity index (χ3n) is 4.28. The molecule has 1 saturated heterocycles. The normalized spacial score (nSPS) is 15.9. The standard InChI is InChI=1S/C18H22N4O2.ClH/c1-12-20-8-5-16(21-12)14-3-2-4-15(11-14)22-18(23)17(19)13-6-9-24-10-7-13;/h2-5,8,11,13,17H,6-7,9-10,19H2,1H3,(H,22,23);1H. The number of aromatic nitrogens is 2. The van der Waals surface area contributed by atoms with E-state index in [1.165, 1.54) is 0 Å². The average molecular weight is 363 g/mol. The zero-order valence-corrected chi connectivity index (χ0v) is 15.0. The number of carbonyl (C=O) groups is 1. The summed E-state index contributed by atoms with van der Waals surface area (Å²) in [5, 5.41) is 2.92. The second-order valence-electron chi connectivity index (χ2n) is 6.03. The Morgan fingerprint density at radius 2 is 2.08 bits per heavy atom. The van der Waals surface area contributed by atoms with Crippen molar-refractivity contribution in [2.75, 3.05) is 18.5 Å². The Labute approximate surface area is 153 Å². The number of hydrogen-bond acceptors (Lipinski definition) is 5. The third kappa shape index (κ3) is 4.98. The molecule has 1 atom stereocenters. The van der Waals surface area contributed by atoms with Crippen molar-refractivity contribution in [1.82, 2.24) is 9.97 Å². The first kappa shape index (κ1) is 19.3. The van der Waals surface area contributed by atoms with Crippen molar-refractivity contribution in [3.8, 4) is 11.3 Å². The minimum atomic E-state index is -0.515. The number of nitrogens with zero attached hydrogens (tertiary/aromatic N) is 2. The van der Waals surface area contributed by atoms with E-state index in [4.69, 9.17) is 10.5 Å². The molecule has 1 aliphatic heterocycles. The van der Waals surface area contributed by atoms with Crippen molar-refractivity contribution >= 4 is 24.0 Å². The van der Waals surface area contributed by atoms with Gasteiger partial charge in [0.15, 0.2) is 0 Å². The predicted octanol–water partition coefficient (Wildman–Crippen LogP) is 2.57. The predicted molar refractivity (Wildman–Crippen MR) is 99.6 cm³/mol. The van der Waals surface area contributed by atoms with E-state index in [-0.39, 0.29) is 24.2 Å². The SMILES string of the molecule is Cc1nccc(-c2cccc(NC(=O)C(N)C3CCOCC3)c2)n1.Cl. The van der Waals surface area contributed by atoms with Gasteiger partial charge in [0.1, 0.15) is 5.82 Å². The van der Waals surface area contributed by atoms with E-state index < -0.39 is 6.04 Å². The number of carbonyl (C=O) groups excluding carboxylic acids is 1. The lowest BCUT2D eigenvalue weighted by Crippen LogP contribution is -2.44. The Balaban J connectivity index is 0.00000225. The average Bonchev–Trinajstić information content (AvgIpc) is 2.62. The molecule has 0 saturated carbocycles. The molecule has 1 amide bonds. The summed E-state index contributed by atoms with van der Waals surface area (Å²) in [4.78, 5) is 20.9. The van der Waals surface area contributed by atoms with Gasteiger partial charge in [-0.3, -0.25) is 4.79 Å². The molecule has 1 aromatic carbocycles. The van der Waals surface area contributed by atoms with Crippen LogP contribution in [0.25, 0.3) is 11.3 Å². The number of amides is 1. The van der Waals surface area contributed by atoms with Crippen LogP contribution in [0.4, 0.5) is 5.69 Å². The first-order valence-corrected chi connectivity index (χ1v) is 8.18. The van der Waals surface area contributed by atoms with Gasteiger partial charge in [-0.1, -0.05) is 12.1 Å². The highest BCUT2D eigenvalue weighted by Crippen LogP contribution is 2.22. The van der Waals surface area contributed by atoms with E-state index in [0.717, 1.165) is 29.8 Å². The maximum absolute atomic E-state index is 12.4. The van der Waals surface area contributed by atoms with Crippen LogP contribution in [0.5, 0.6) is 0 Å². The minimum absolute atomic E-state index is 0. The quantitative estimate of drug-likeness (QED) is 0.872. The van der Waals surface area contributed by atoms with Gasteiger partial charge in [-0.2, -0.15) is 0 Å². The molecule has 1 unspecified atom stereocenters. The van der Waals surface area contributed by atoms with Crippen LogP contribution in [-0.2, 0) is 9.53 Å². The van der Waals surface area contributed by atoms with Crippen LogP contribution in [0.3, 0.4) is 0 Å². The molecule has 25 heavy (non-hydrogen) atoms. The maximum Gasteiger partial charge on any atom is 0.241 e. The van der Waals surface area contributed by atoms with Crippen molar-refractivity contribution in [3.63, 3.8) is 0 Å². The first-order chi connectivity index (χ1) is 11.6. The highest BCUT2D eigenvalue weighted by atomic mass is 35.5. The van der Waals surface area contributed by atoms with Crippen LogP contribution in [0.15, 0.2) is 36.5 Å². The van der Waals surface area contributed by atoms with Gasteiger partial charge in [-0.15, -0.1) is 12.4 Å². The summed E-state index contributed by atoms with van der Waals surface area (Å²) < 4.78 is 5.32. The van der Waals surface area contributed by atoms with Gasteiger partial charge in [0, 0.05) is 30.7 Å². The van der Waals surface area contributed by atoms with Crippen LogP contribution in [0, 0.1) is 12.8 Å². The van der Waals surface area contributed by atoms with Crippen molar-refractivity contribution in [3.05, 3.63) is 42.4 Å². The molecule has 1 aliphatic rings. The summed E-state index contributed by atoms with van der Waals surface area (Å²) in [6.45, 7) is 3.20. The van der Waals surface area contributed by atoms with Crippen LogP contribution in [0.1, 0.15) is 18.7 Å². The van der Waals surface area contributed by atoms with Gasteiger partial charge in [0.05, 0.1) is 11.7 Å². The van der Waals surface area contributed by atoms with Gasteiger partial charge in [0.25, 0.3) is 0 Å². The number of benzene rings is 1. The molecule has 0 radical (unpaired) electrons. The van der Waals surface area contributed by atoms with Crippen LogP contribution in [-0.4, -0.2) is 35.1 Å². The summed E-state index contributed by atoms with van der Waals surface area (Å²) in [6, 6.07) is 8.93. The molecule has 3 rings (SSSR count). The zero-order valence-electron chi connectivity index (χ0n) is 14.1. The fourth-order valence-electron chi connectivity index (χ4n) is 2.89. The smallest absolute Gasteiger partial charge is 0.241 e. The topological polar surface area (TPSA) is 90.1 Å². The van der Waals surface area contributed by atoms with E-state index in [0.29, 0.717) is 19.0 Å². The highest BCUT2D eigenvalue weighted by Gasteiger charge is 2.26. The number of anilines is 1. The molecule has 7 heteroatoms. The number of rotatable bonds is 4. The highest BCUT2D eigenvalue weighted by molar-refractivity contribution is 5.95. The second kappa shape index (κ2) is 8.89. The molecule has 2 heterocycles. The fourth-order valence-corrected chi connectivity index (χ4v) is 2.89. The Hall–Kier alpha value is -2.02. The monoisotopic (exact) mass is 362 g/mol. The molecule has 134 valence electrons. The summed E-state index contributed by atoms with van der Waals surface area (Å²) in [7, 11) is 0. The van der Waals surface area contributed by atoms with Crippen molar-refractivity contribution in [1.29, 1.82) is 0 Å². The molecule has 0 spiro atoms. The van der Waals surface area contributed by atoms with E-state index in [9.17, 15) is 4.79 Å². The van der Waals surface area contributed by atoms with Crippen molar-refractivity contribution in [2.24, 2.45) is 11.7 Å². The molecule has 0 bridgehead atoms. The number of ether oxygens (including phenoxy) is 1. The molecule has 3 N–H and O–H groups in total. The van der Waals surface area contributed by atoms with Crippen LogP contribution in [0.2, 0.25) is 0 Å². The van der Waals surface area contributed by atoms with Gasteiger partial charge < -0.3 is 15.8 Å². The summed E-state index contributed by atoms with van der Waals surface area (Å²) >= 11 is 0. The minimum Gasteiger partial charge on any atom is -0.381 e. The van der Waals surface area contributed by atoms with Gasteiger partial charge >= 0.3 is 0 Å². The molecule has 6 nitrogen and oxygen atoms in total. The second-order valence-corrected chi connectivity index (χ2v) is 6.03. The molecular formula is C18H23ClN4O2. The number of aryl methyl sites for hydroxylation is 1. The first-order valence-electron chi connectivity index (χ1n) is 8.18. The van der Waals surface area contributed by atoms with Gasteiger partial charge in [0.2, 0.25) is 5.91 Å². The molecule has 2 aromatic rings. The van der Waals surface area contributed by atoms with Gasteiger partial charge in [-0.05, 0) is 43.9 Å². The van der Waals surface area contributed by atoms with E-state index in [1.54, 1.807) is 6.20 Å². The van der Waals surface area contributed by atoms with Gasteiger partial charge in [-0.25, -0.2) is 9.97 Å². The Morgan fingerprint density at radius 3 is 2.80 bits per heavy atom. The van der Waals surface area contributed by atoms with E-state index in [1.807, 2.05) is 37.3 Å². The van der Waals surface area contributed by atoms with Crippen molar-refractivity contribution in [2.45, 2.75) is 25.8 Å². The number of nitrogens with two attached hydrogens (primary N) is 1. The van der Waals surface area contributed by atoms with Crippen LogP contribution < -0.4 is 11.1 Å².